The second kappa shape index (κ2) is 7.65. The van der Waals surface area contributed by atoms with Gasteiger partial charge in [-0.3, -0.25) is 4.79 Å². The van der Waals surface area contributed by atoms with Crippen molar-refractivity contribution >= 4 is 5.91 Å². The Hall–Kier alpha value is -2.41. The fraction of sp³-hybridized carbons (Fsp3) is 0.500. The van der Waals surface area contributed by atoms with E-state index in [-0.39, 0.29) is 17.9 Å². The normalized spacial score (nSPS) is 18.6. The minimum absolute atomic E-state index is 0.0307. The number of nitrogens with one attached hydrogen (secondary N) is 1. The number of carbonyl (C=O) groups excluding carboxylic acids is 1. The third-order valence-electron chi connectivity index (χ3n) is 4.56. The number of benzene rings is 1. The van der Waals surface area contributed by atoms with Crippen LogP contribution in [0.3, 0.4) is 0 Å². The van der Waals surface area contributed by atoms with Crippen molar-refractivity contribution in [3.63, 3.8) is 0 Å². The molecule has 134 valence electrons. The van der Waals surface area contributed by atoms with Gasteiger partial charge in [0, 0.05) is 32.0 Å². The summed E-state index contributed by atoms with van der Waals surface area (Å²) >= 11 is 0. The maximum atomic E-state index is 12.3. The molecular weight excluding hydrogens is 320 g/mol. The summed E-state index contributed by atoms with van der Waals surface area (Å²) in [4.78, 5) is 18.6. The molecule has 0 aliphatic carbocycles. The number of likely N-dealkylation sites (tertiary alicyclic amines) is 1. The van der Waals surface area contributed by atoms with Crippen molar-refractivity contribution in [1.29, 1.82) is 0 Å². The molecule has 0 spiro atoms. The summed E-state index contributed by atoms with van der Waals surface area (Å²) in [7, 11) is 3.54. The van der Waals surface area contributed by atoms with Gasteiger partial charge in [0.1, 0.15) is 5.75 Å². The summed E-state index contributed by atoms with van der Waals surface area (Å²) in [5, 5.41) is 7.18. The molecule has 2 heterocycles. The van der Waals surface area contributed by atoms with Crippen molar-refractivity contribution < 1.29 is 14.1 Å². The zero-order valence-corrected chi connectivity index (χ0v) is 14.9. The highest BCUT2D eigenvalue weighted by atomic mass is 16.5. The number of hydrogen-bond acceptors (Lipinski definition) is 6. The highest BCUT2D eigenvalue weighted by Crippen LogP contribution is 2.28. The fourth-order valence-electron chi connectivity index (χ4n) is 2.93. The summed E-state index contributed by atoms with van der Waals surface area (Å²) < 4.78 is 10.5. The lowest BCUT2D eigenvalue weighted by atomic mass is 10.1. The Morgan fingerprint density at radius 1 is 1.40 bits per heavy atom. The average molecular weight is 344 g/mol. The number of carbonyl (C=O) groups is 1. The summed E-state index contributed by atoms with van der Waals surface area (Å²) in [5.74, 6) is 2.13. The molecule has 7 nitrogen and oxygen atoms in total. The van der Waals surface area contributed by atoms with Crippen molar-refractivity contribution in [2.45, 2.75) is 38.3 Å². The summed E-state index contributed by atoms with van der Waals surface area (Å²) in [6.07, 6.45) is 1.12. The van der Waals surface area contributed by atoms with Crippen LogP contribution in [0.25, 0.3) is 0 Å². The Bertz CT molecular complexity index is 713. The standard InChI is InChI=1S/C18H24N4O3/c1-12(19-2)8-16-20-18(25-21-16)14-9-17(23)22(11-14)10-13-4-6-15(24-3)7-5-13/h4-7,12,14,19H,8-11H2,1-3H3. The number of rotatable bonds is 7. The Morgan fingerprint density at radius 2 is 2.16 bits per heavy atom. The second-order valence-electron chi connectivity index (χ2n) is 6.47. The van der Waals surface area contributed by atoms with Crippen molar-refractivity contribution in [3.8, 4) is 5.75 Å². The lowest BCUT2D eigenvalue weighted by Gasteiger charge is -2.16. The van der Waals surface area contributed by atoms with Crippen LogP contribution < -0.4 is 10.1 Å². The molecule has 0 bridgehead atoms. The van der Waals surface area contributed by atoms with E-state index in [0.717, 1.165) is 11.3 Å². The first kappa shape index (κ1) is 17.4. The molecule has 1 aromatic carbocycles. The lowest BCUT2D eigenvalue weighted by molar-refractivity contribution is -0.128. The summed E-state index contributed by atoms with van der Waals surface area (Å²) in [6.45, 7) is 3.25. The van der Waals surface area contributed by atoms with E-state index in [0.29, 0.717) is 37.6 Å². The third kappa shape index (κ3) is 4.17. The van der Waals surface area contributed by atoms with Crippen LogP contribution in [0, 0.1) is 0 Å². The van der Waals surface area contributed by atoms with E-state index in [1.54, 1.807) is 7.11 Å². The van der Waals surface area contributed by atoms with Crippen LogP contribution in [-0.4, -0.2) is 47.7 Å². The summed E-state index contributed by atoms with van der Waals surface area (Å²) in [5.41, 5.74) is 1.07. The SMILES string of the molecule is CNC(C)Cc1noc(C2CC(=O)N(Cc3ccc(OC)cc3)C2)n1. The topological polar surface area (TPSA) is 80.5 Å². The van der Waals surface area contributed by atoms with Gasteiger partial charge in [-0.25, -0.2) is 0 Å². The van der Waals surface area contributed by atoms with Crippen molar-refractivity contribution in [1.82, 2.24) is 20.4 Å². The average Bonchev–Trinajstić information content (AvgIpc) is 3.22. The second-order valence-corrected chi connectivity index (χ2v) is 6.47. The minimum Gasteiger partial charge on any atom is -0.497 e. The number of aromatic nitrogens is 2. The molecule has 0 saturated carbocycles. The predicted octanol–water partition coefficient (Wildman–Crippen LogP) is 1.74. The first-order chi connectivity index (χ1) is 12.1. The summed E-state index contributed by atoms with van der Waals surface area (Å²) in [6, 6.07) is 8.04. The molecule has 1 N–H and O–H groups in total. The molecule has 1 amide bonds. The zero-order valence-electron chi connectivity index (χ0n) is 14.9. The van der Waals surface area contributed by atoms with Crippen LogP contribution in [0.4, 0.5) is 0 Å². The quantitative estimate of drug-likeness (QED) is 0.824. The van der Waals surface area contributed by atoms with Crippen molar-refractivity contribution in [2.75, 3.05) is 20.7 Å². The number of nitrogens with zero attached hydrogens (tertiary/aromatic N) is 3. The van der Waals surface area contributed by atoms with E-state index in [2.05, 4.69) is 22.4 Å². The zero-order chi connectivity index (χ0) is 17.8. The van der Waals surface area contributed by atoms with E-state index in [1.807, 2.05) is 36.2 Å². The van der Waals surface area contributed by atoms with Crippen LogP contribution in [0.2, 0.25) is 0 Å². The number of amides is 1. The highest BCUT2D eigenvalue weighted by molar-refractivity contribution is 5.79. The highest BCUT2D eigenvalue weighted by Gasteiger charge is 2.34. The molecule has 2 aromatic rings. The fourth-order valence-corrected chi connectivity index (χ4v) is 2.93. The van der Waals surface area contributed by atoms with Gasteiger partial charge in [-0.2, -0.15) is 4.98 Å². The largest absolute Gasteiger partial charge is 0.497 e. The molecule has 0 radical (unpaired) electrons. The number of likely N-dealkylation sites (N-methyl/N-ethyl adjacent to an activating group) is 1. The molecular formula is C18H24N4O3. The van der Waals surface area contributed by atoms with E-state index >= 15 is 0 Å². The Balaban J connectivity index is 1.61. The molecule has 2 atom stereocenters. The van der Waals surface area contributed by atoms with E-state index in [4.69, 9.17) is 9.26 Å². The Labute approximate surface area is 147 Å². The first-order valence-corrected chi connectivity index (χ1v) is 8.49. The smallest absolute Gasteiger partial charge is 0.232 e. The van der Waals surface area contributed by atoms with E-state index in [1.165, 1.54) is 0 Å². The molecule has 2 unspecified atom stereocenters. The van der Waals surface area contributed by atoms with Gasteiger partial charge < -0.3 is 19.5 Å². The third-order valence-corrected chi connectivity index (χ3v) is 4.56. The number of ether oxygens (including phenoxy) is 1. The number of methoxy groups -OCH3 is 1. The van der Waals surface area contributed by atoms with Crippen LogP contribution in [0.1, 0.15) is 36.5 Å². The molecule has 1 saturated heterocycles. The maximum Gasteiger partial charge on any atom is 0.232 e. The molecule has 1 aliphatic heterocycles. The molecule has 1 aromatic heterocycles. The monoisotopic (exact) mass is 344 g/mol. The van der Waals surface area contributed by atoms with Crippen LogP contribution >= 0.6 is 0 Å². The van der Waals surface area contributed by atoms with Crippen molar-refractivity contribution in [3.05, 3.63) is 41.5 Å². The van der Waals surface area contributed by atoms with Gasteiger partial charge in [0.05, 0.1) is 13.0 Å². The van der Waals surface area contributed by atoms with E-state index in [9.17, 15) is 4.79 Å². The Kier molecular flexibility index (Phi) is 5.33. The molecule has 3 rings (SSSR count). The van der Waals surface area contributed by atoms with Crippen LogP contribution in [-0.2, 0) is 17.8 Å². The van der Waals surface area contributed by atoms with Gasteiger partial charge >= 0.3 is 0 Å². The predicted molar refractivity (Wildman–Crippen MR) is 92.3 cm³/mol. The lowest BCUT2D eigenvalue weighted by Crippen LogP contribution is -2.24. The Morgan fingerprint density at radius 3 is 2.84 bits per heavy atom. The molecule has 1 aliphatic rings. The maximum absolute atomic E-state index is 12.3. The number of hydrogen-bond donors (Lipinski definition) is 1. The van der Waals surface area contributed by atoms with Crippen LogP contribution in [0.5, 0.6) is 5.75 Å². The van der Waals surface area contributed by atoms with E-state index < -0.39 is 0 Å². The first-order valence-electron chi connectivity index (χ1n) is 8.49. The van der Waals surface area contributed by atoms with Gasteiger partial charge in [0.15, 0.2) is 5.82 Å². The van der Waals surface area contributed by atoms with Crippen molar-refractivity contribution in [2.24, 2.45) is 0 Å². The van der Waals surface area contributed by atoms with Gasteiger partial charge in [-0.1, -0.05) is 17.3 Å². The van der Waals surface area contributed by atoms with Crippen LogP contribution in [0.15, 0.2) is 28.8 Å². The van der Waals surface area contributed by atoms with Gasteiger partial charge in [0.2, 0.25) is 11.8 Å². The molecule has 1 fully saturated rings. The van der Waals surface area contributed by atoms with Gasteiger partial charge in [-0.05, 0) is 31.7 Å². The minimum atomic E-state index is -0.0307. The molecule has 7 heteroatoms. The van der Waals surface area contributed by atoms with Gasteiger partial charge in [0.25, 0.3) is 0 Å². The molecule has 25 heavy (non-hydrogen) atoms. The van der Waals surface area contributed by atoms with Gasteiger partial charge in [-0.15, -0.1) is 0 Å².